The van der Waals surface area contributed by atoms with Crippen molar-refractivity contribution in [3.63, 3.8) is 0 Å². The quantitative estimate of drug-likeness (QED) is 0.609. The molecule has 2 aromatic carbocycles. The van der Waals surface area contributed by atoms with Gasteiger partial charge < -0.3 is 9.73 Å². The van der Waals surface area contributed by atoms with Gasteiger partial charge in [0, 0.05) is 35.4 Å². The van der Waals surface area contributed by atoms with Crippen molar-refractivity contribution in [1.29, 1.82) is 0 Å². The van der Waals surface area contributed by atoms with Crippen LogP contribution in [-0.4, -0.2) is 56.3 Å². The molecule has 168 valence electrons. The van der Waals surface area contributed by atoms with Gasteiger partial charge in [0.15, 0.2) is 0 Å². The Morgan fingerprint density at radius 3 is 2.47 bits per heavy atom. The third kappa shape index (κ3) is 3.41. The summed E-state index contributed by atoms with van der Waals surface area (Å²) in [6.45, 7) is 0.659. The average molecular weight is 455 g/mol. The van der Waals surface area contributed by atoms with Gasteiger partial charge in [-0.25, -0.2) is 0 Å². The van der Waals surface area contributed by atoms with Crippen LogP contribution < -0.4 is 5.32 Å². The van der Waals surface area contributed by atoms with Crippen molar-refractivity contribution in [3.05, 3.63) is 48.0 Å². The van der Waals surface area contributed by atoms with Gasteiger partial charge in [0.05, 0.1) is 17.9 Å². The van der Waals surface area contributed by atoms with Crippen LogP contribution in [0.25, 0.3) is 21.9 Å². The molecule has 1 amide bonds. The van der Waals surface area contributed by atoms with E-state index in [9.17, 15) is 13.2 Å². The Morgan fingerprint density at radius 2 is 1.75 bits per heavy atom. The van der Waals surface area contributed by atoms with E-state index in [1.807, 2.05) is 42.5 Å². The molecule has 3 aromatic rings. The van der Waals surface area contributed by atoms with Crippen molar-refractivity contribution in [2.75, 3.05) is 12.8 Å². The molecular formula is C24H26N2O5S. The minimum atomic E-state index is -3.45. The summed E-state index contributed by atoms with van der Waals surface area (Å²) >= 11 is 0. The number of fused-ring (bicyclic) bond motifs is 4. The number of carbonyl (C=O) groups excluding carboxylic acids is 1. The fourth-order valence-corrected chi connectivity index (χ4v) is 6.85. The summed E-state index contributed by atoms with van der Waals surface area (Å²) in [6, 6.07) is 14.4. The highest BCUT2D eigenvalue weighted by molar-refractivity contribution is 7.86. The number of piperidine rings is 4. The molecule has 1 N–H and O–H groups in total. The summed E-state index contributed by atoms with van der Waals surface area (Å²) in [4.78, 5) is 15.6. The normalized spacial score (nSPS) is 31.8. The second-order valence-electron chi connectivity index (χ2n) is 9.50. The summed E-state index contributed by atoms with van der Waals surface area (Å²) in [7, 11) is -3.45. The maximum atomic E-state index is 13.2. The lowest BCUT2D eigenvalue weighted by Gasteiger charge is -2.57. The van der Waals surface area contributed by atoms with E-state index in [0.29, 0.717) is 29.8 Å². The summed E-state index contributed by atoms with van der Waals surface area (Å²) < 4.78 is 34.5. The van der Waals surface area contributed by atoms with Crippen molar-refractivity contribution < 1.29 is 21.8 Å². The number of para-hydroxylation sites is 2. The molecule has 3 unspecified atom stereocenters. The standard InChI is InChI=1S/C24H26N2O5S/c1-32(28,29)31-22-13-26-16-9-14(22)10-17(26)12-15(11-16)25-24(27)20-7-4-6-19-18-5-2-3-8-21(18)30-23(19)20/h2-8,14-17,22H,9-13H2,1H3,(H,25,27). The number of carbonyl (C=O) groups is 1. The molecular weight excluding hydrogens is 428 g/mol. The highest BCUT2D eigenvalue weighted by Crippen LogP contribution is 2.44. The lowest BCUT2D eigenvalue weighted by atomic mass is 9.70. The Balaban J connectivity index is 1.19. The maximum absolute atomic E-state index is 13.2. The molecule has 1 aromatic heterocycles. The minimum Gasteiger partial charge on any atom is -0.455 e. The predicted molar refractivity (Wildman–Crippen MR) is 121 cm³/mol. The van der Waals surface area contributed by atoms with E-state index in [4.69, 9.17) is 8.60 Å². The van der Waals surface area contributed by atoms with Gasteiger partial charge in [-0.3, -0.25) is 13.9 Å². The smallest absolute Gasteiger partial charge is 0.264 e. The molecule has 0 spiro atoms. The Bertz CT molecular complexity index is 1300. The molecule has 8 heteroatoms. The highest BCUT2D eigenvalue weighted by atomic mass is 32.2. The molecule has 7 nitrogen and oxygen atoms in total. The fraction of sp³-hybridized carbons (Fsp3) is 0.458. The van der Waals surface area contributed by atoms with Gasteiger partial charge in [0.1, 0.15) is 11.2 Å². The van der Waals surface area contributed by atoms with Gasteiger partial charge in [-0.2, -0.15) is 8.42 Å². The Labute approximate surface area is 186 Å². The third-order valence-electron chi connectivity index (χ3n) is 7.40. The van der Waals surface area contributed by atoms with Crippen LogP contribution in [0, 0.1) is 5.92 Å². The first kappa shape index (κ1) is 20.2. The van der Waals surface area contributed by atoms with E-state index >= 15 is 0 Å². The fourth-order valence-electron chi connectivity index (χ4n) is 6.18. The number of nitrogens with one attached hydrogen (secondary N) is 1. The van der Waals surface area contributed by atoms with Crippen molar-refractivity contribution in [2.24, 2.45) is 5.92 Å². The average Bonchev–Trinajstić information content (AvgIpc) is 3.11. The monoisotopic (exact) mass is 454 g/mol. The van der Waals surface area contributed by atoms with Crippen molar-refractivity contribution in [2.45, 2.75) is 49.9 Å². The third-order valence-corrected chi connectivity index (χ3v) is 8.00. The van der Waals surface area contributed by atoms with Crippen LogP contribution >= 0.6 is 0 Å². The molecule has 0 aliphatic carbocycles. The molecule has 0 saturated carbocycles. The van der Waals surface area contributed by atoms with E-state index in [1.54, 1.807) is 0 Å². The van der Waals surface area contributed by atoms with E-state index in [0.717, 1.165) is 48.3 Å². The maximum Gasteiger partial charge on any atom is 0.264 e. The summed E-state index contributed by atoms with van der Waals surface area (Å²) in [6.07, 6.45) is 4.47. The number of rotatable bonds is 4. The Morgan fingerprint density at radius 1 is 1.03 bits per heavy atom. The van der Waals surface area contributed by atoms with Crippen LogP contribution in [0.5, 0.6) is 0 Å². The zero-order valence-corrected chi connectivity index (χ0v) is 18.7. The van der Waals surface area contributed by atoms with Crippen molar-refractivity contribution in [1.82, 2.24) is 10.2 Å². The summed E-state index contributed by atoms with van der Waals surface area (Å²) in [5.74, 6) is 0.170. The van der Waals surface area contributed by atoms with E-state index < -0.39 is 10.1 Å². The van der Waals surface area contributed by atoms with Crippen LogP contribution in [0.15, 0.2) is 46.9 Å². The van der Waals surface area contributed by atoms with Crippen molar-refractivity contribution in [3.8, 4) is 0 Å². The summed E-state index contributed by atoms with van der Waals surface area (Å²) in [5, 5.41) is 5.22. The molecule has 4 aliphatic heterocycles. The topological polar surface area (TPSA) is 88.9 Å². The van der Waals surface area contributed by atoms with Gasteiger partial charge in [-0.15, -0.1) is 0 Å². The molecule has 4 bridgehead atoms. The number of benzene rings is 2. The van der Waals surface area contributed by atoms with Gasteiger partial charge in [0.2, 0.25) is 0 Å². The number of furan rings is 1. The summed E-state index contributed by atoms with van der Waals surface area (Å²) in [5.41, 5.74) is 1.98. The number of nitrogens with zero attached hydrogens (tertiary/aromatic N) is 1. The Hall–Kier alpha value is -2.42. The molecule has 4 fully saturated rings. The second-order valence-corrected chi connectivity index (χ2v) is 11.1. The van der Waals surface area contributed by atoms with Crippen LogP contribution in [0.1, 0.15) is 36.0 Å². The van der Waals surface area contributed by atoms with Gasteiger partial charge >= 0.3 is 0 Å². The number of hydrogen-bond acceptors (Lipinski definition) is 6. The zero-order chi connectivity index (χ0) is 22.0. The van der Waals surface area contributed by atoms with Crippen LogP contribution in [-0.2, 0) is 14.3 Å². The minimum absolute atomic E-state index is 0.0988. The molecule has 7 rings (SSSR count). The van der Waals surface area contributed by atoms with E-state index in [2.05, 4.69) is 10.2 Å². The Kier molecular flexibility index (Phi) is 4.61. The lowest BCUT2D eigenvalue weighted by Crippen LogP contribution is -2.66. The van der Waals surface area contributed by atoms with Crippen LogP contribution in [0.3, 0.4) is 0 Å². The molecule has 4 saturated heterocycles. The predicted octanol–water partition coefficient (Wildman–Crippen LogP) is 3.29. The SMILES string of the molecule is CS(=O)(=O)OC1CN2C3CC(NC(=O)c4cccc5c4oc4ccccc45)CC2CC1C3. The van der Waals surface area contributed by atoms with E-state index in [1.165, 1.54) is 0 Å². The van der Waals surface area contributed by atoms with Crippen LogP contribution in [0.4, 0.5) is 0 Å². The largest absolute Gasteiger partial charge is 0.455 e. The first-order valence-corrected chi connectivity index (χ1v) is 13.0. The second kappa shape index (κ2) is 7.30. The van der Waals surface area contributed by atoms with Crippen LogP contribution in [0.2, 0.25) is 0 Å². The molecule has 32 heavy (non-hydrogen) atoms. The highest BCUT2D eigenvalue weighted by Gasteiger charge is 2.50. The number of hydrogen-bond donors (Lipinski definition) is 1. The van der Waals surface area contributed by atoms with Gasteiger partial charge in [-0.1, -0.05) is 30.3 Å². The van der Waals surface area contributed by atoms with Gasteiger partial charge in [-0.05, 0) is 43.7 Å². The van der Waals surface area contributed by atoms with E-state index in [-0.39, 0.29) is 24.0 Å². The first-order chi connectivity index (χ1) is 15.4. The molecule has 4 aliphatic rings. The lowest BCUT2D eigenvalue weighted by molar-refractivity contribution is -0.0993. The molecule has 5 heterocycles. The van der Waals surface area contributed by atoms with Crippen molar-refractivity contribution >= 4 is 38.0 Å². The number of amides is 1. The first-order valence-electron chi connectivity index (χ1n) is 11.2. The zero-order valence-electron chi connectivity index (χ0n) is 17.9. The van der Waals surface area contributed by atoms with Gasteiger partial charge in [0.25, 0.3) is 16.0 Å². The molecule has 0 radical (unpaired) electrons. The molecule has 3 atom stereocenters.